The fourth-order valence-corrected chi connectivity index (χ4v) is 5.92. The standard InChI is InChI=1S/C33H36ClF3N10O4/c1-19(48)22(9-10-43(2)3)31(50)45-11-13-46(14-12-45)32(51)23-7-6-21(15-25(23)34)41-30(49)29-40-17-26(44(29)4)24-18-47(42-28(24)33(35,36)37)27-8-5-20(38)16-39-27/h5-8,15-18,22H,9-14,38H2,1-4H3,(H,41,49)/t22-/m1/s1. The van der Waals surface area contributed by atoms with Gasteiger partial charge in [0.05, 0.1) is 45.8 Å². The van der Waals surface area contributed by atoms with Crippen LogP contribution < -0.4 is 11.1 Å². The lowest BCUT2D eigenvalue weighted by Crippen LogP contribution is -2.52. The molecule has 3 amide bonds. The van der Waals surface area contributed by atoms with E-state index in [2.05, 4.69) is 20.4 Å². The normalized spacial score (nSPS) is 14.1. The van der Waals surface area contributed by atoms with Crippen LogP contribution in [0.5, 0.6) is 0 Å². The minimum atomic E-state index is -4.83. The van der Waals surface area contributed by atoms with Gasteiger partial charge in [0.25, 0.3) is 11.8 Å². The number of Topliss-reactive ketones (excluding diaryl/α,β-unsaturated/α-hetero) is 1. The highest BCUT2D eigenvalue weighted by Crippen LogP contribution is 2.37. The quantitative estimate of drug-likeness (QED) is 0.232. The summed E-state index contributed by atoms with van der Waals surface area (Å²) in [5.74, 6) is -2.39. The molecule has 1 saturated heterocycles. The molecule has 3 aromatic heterocycles. The van der Waals surface area contributed by atoms with Crippen LogP contribution in [0.1, 0.15) is 40.0 Å². The molecule has 1 aliphatic heterocycles. The van der Waals surface area contributed by atoms with Gasteiger partial charge in [0.15, 0.2) is 17.3 Å². The molecule has 1 fully saturated rings. The summed E-state index contributed by atoms with van der Waals surface area (Å²) in [6.45, 7) is 3.00. The van der Waals surface area contributed by atoms with Crippen molar-refractivity contribution in [2.45, 2.75) is 19.5 Å². The van der Waals surface area contributed by atoms with Crippen LogP contribution in [0, 0.1) is 5.92 Å². The van der Waals surface area contributed by atoms with Gasteiger partial charge < -0.3 is 30.3 Å². The number of halogens is 4. The number of anilines is 2. The lowest BCUT2D eigenvalue weighted by molar-refractivity contribution is -0.142. The molecular formula is C33H36ClF3N10O4. The second-order valence-electron chi connectivity index (χ2n) is 12.3. The van der Waals surface area contributed by atoms with Crippen LogP contribution in [0.15, 0.2) is 48.9 Å². The second-order valence-corrected chi connectivity index (χ2v) is 12.7. The summed E-state index contributed by atoms with van der Waals surface area (Å²) in [6, 6.07) is 7.19. The Hall–Kier alpha value is -5.29. The molecule has 0 spiro atoms. The van der Waals surface area contributed by atoms with Crippen LogP contribution in [-0.4, -0.2) is 109 Å². The zero-order valence-corrected chi connectivity index (χ0v) is 29.0. The van der Waals surface area contributed by atoms with Gasteiger partial charge in [0, 0.05) is 45.1 Å². The van der Waals surface area contributed by atoms with E-state index in [4.69, 9.17) is 17.3 Å². The number of carbonyl (C=O) groups excluding carboxylic acids is 4. The van der Waals surface area contributed by atoms with Crippen molar-refractivity contribution in [3.8, 4) is 17.1 Å². The van der Waals surface area contributed by atoms with E-state index < -0.39 is 23.7 Å². The van der Waals surface area contributed by atoms with E-state index in [9.17, 15) is 32.3 Å². The van der Waals surface area contributed by atoms with Crippen molar-refractivity contribution in [2.24, 2.45) is 13.0 Å². The predicted octanol–water partition coefficient (Wildman–Crippen LogP) is 3.62. The van der Waals surface area contributed by atoms with Gasteiger partial charge in [-0.2, -0.15) is 18.3 Å². The van der Waals surface area contributed by atoms with Crippen LogP contribution in [0.3, 0.4) is 0 Å². The first-order valence-corrected chi connectivity index (χ1v) is 16.2. The molecule has 4 aromatic rings. The number of ketones is 1. The molecule has 0 saturated carbocycles. The van der Waals surface area contributed by atoms with Crippen molar-refractivity contribution in [1.29, 1.82) is 0 Å². The van der Waals surface area contributed by atoms with E-state index in [-0.39, 0.29) is 82.9 Å². The van der Waals surface area contributed by atoms with E-state index in [0.29, 0.717) is 18.7 Å². The number of nitrogens with two attached hydrogens (primary N) is 1. The zero-order valence-electron chi connectivity index (χ0n) is 28.2. The van der Waals surface area contributed by atoms with Crippen LogP contribution in [-0.2, 0) is 22.8 Å². The predicted molar refractivity (Wildman–Crippen MR) is 182 cm³/mol. The molecule has 14 nitrogen and oxygen atoms in total. The minimum absolute atomic E-state index is 0.0275. The Bertz CT molecular complexity index is 1950. The molecule has 18 heteroatoms. The topological polar surface area (TPSA) is 165 Å². The number of imidazole rings is 1. The Balaban J connectivity index is 1.26. The lowest BCUT2D eigenvalue weighted by atomic mass is 9.98. The van der Waals surface area contributed by atoms with Crippen molar-refractivity contribution in [2.75, 3.05) is 57.9 Å². The summed E-state index contributed by atoms with van der Waals surface area (Å²) in [6.07, 6.45) is -0.853. The molecule has 5 rings (SSSR count). The van der Waals surface area contributed by atoms with Gasteiger partial charge in [0.2, 0.25) is 5.91 Å². The lowest BCUT2D eigenvalue weighted by Gasteiger charge is -2.36. The van der Waals surface area contributed by atoms with Gasteiger partial charge in [-0.3, -0.25) is 19.2 Å². The molecule has 1 aromatic carbocycles. The monoisotopic (exact) mass is 728 g/mol. The van der Waals surface area contributed by atoms with Crippen molar-refractivity contribution < 1.29 is 32.3 Å². The van der Waals surface area contributed by atoms with Gasteiger partial charge >= 0.3 is 6.18 Å². The van der Waals surface area contributed by atoms with Gasteiger partial charge in [-0.15, -0.1) is 0 Å². The highest BCUT2D eigenvalue weighted by Gasteiger charge is 2.39. The molecule has 51 heavy (non-hydrogen) atoms. The van der Waals surface area contributed by atoms with Crippen molar-refractivity contribution in [3.05, 3.63) is 71.0 Å². The number of nitrogens with zero attached hydrogens (tertiary/aromatic N) is 8. The molecule has 0 radical (unpaired) electrons. The van der Waals surface area contributed by atoms with E-state index in [1.165, 1.54) is 55.1 Å². The molecule has 1 aliphatic rings. The summed E-state index contributed by atoms with van der Waals surface area (Å²) >= 11 is 6.47. The number of aromatic nitrogens is 5. The summed E-state index contributed by atoms with van der Waals surface area (Å²) in [4.78, 5) is 64.9. The third-order valence-corrected chi connectivity index (χ3v) is 8.76. The maximum absolute atomic E-state index is 14.0. The van der Waals surface area contributed by atoms with E-state index >= 15 is 0 Å². The maximum Gasteiger partial charge on any atom is 0.435 e. The molecular weight excluding hydrogens is 693 g/mol. The number of benzene rings is 1. The molecule has 1 atom stereocenters. The molecule has 4 heterocycles. The summed E-state index contributed by atoms with van der Waals surface area (Å²) in [5.41, 5.74) is 4.81. The number of piperazine rings is 1. The number of rotatable bonds is 10. The molecule has 0 unspecified atom stereocenters. The van der Waals surface area contributed by atoms with Gasteiger partial charge in [0.1, 0.15) is 5.78 Å². The third kappa shape index (κ3) is 8.20. The molecule has 3 N–H and O–H groups in total. The molecule has 270 valence electrons. The van der Waals surface area contributed by atoms with E-state index in [0.717, 1.165) is 17.1 Å². The number of amides is 3. The highest BCUT2D eigenvalue weighted by atomic mass is 35.5. The fourth-order valence-electron chi connectivity index (χ4n) is 5.65. The maximum atomic E-state index is 14.0. The largest absolute Gasteiger partial charge is 0.435 e. The fraction of sp³-hybridized carbons (Fsp3) is 0.364. The van der Waals surface area contributed by atoms with Crippen molar-refractivity contribution >= 4 is 46.5 Å². The summed E-state index contributed by atoms with van der Waals surface area (Å²) in [5, 5.41) is 6.36. The van der Waals surface area contributed by atoms with Gasteiger partial charge in [-0.05, 0) is 64.3 Å². The first-order valence-electron chi connectivity index (χ1n) is 15.8. The molecule has 0 bridgehead atoms. The number of carbonyl (C=O) groups is 4. The average molecular weight is 729 g/mol. The number of hydrogen-bond donors (Lipinski definition) is 2. The molecule has 0 aliphatic carbocycles. The zero-order chi connectivity index (χ0) is 37.2. The summed E-state index contributed by atoms with van der Waals surface area (Å²) < 4.78 is 44.2. The highest BCUT2D eigenvalue weighted by molar-refractivity contribution is 6.34. The number of nitrogen functional groups attached to an aromatic ring is 1. The van der Waals surface area contributed by atoms with Crippen molar-refractivity contribution in [1.82, 2.24) is 39.0 Å². The first-order chi connectivity index (χ1) is 24.0. The van der Waals surface area contributed by atoms with Crippen LogP contribution in [0.25, 0.3) is 17.1 Å². The first kappa shape index (κ1) is 37.0. The van der Waals surface area contributed by atoms with Gasteiger partial charge in [-0.1, -0.05) is 11.6 Å². The number of nitrogens with one attached hydrogen (secondary N) is 1. The van der Waals surface area contributed by atoms with Crippen LogP contribution >= 0.6 is 11.6 Å². The Morgan fingerprint density at radius 3 is 2.29 bits per heavy atom. The Kier molecular flexibility index (Phi) is 10.8. The van der Waals surface area contributed by atoms with E-state index in [1.54, 1.807) is 9.80 Å². The van der Waals surface area contributed by atoms with Crippen LogP contribution in [0.2, 0.25) is 5.02 Å². The Morgan fingerprint density at radius 1 is 1.02 bits per heavy atom. The van der Waals surface area contributed by atoms with E-state index in [1.807, 2.05) is 19.0 Å². The van der Waals surface area contributed by atoms with Crippen molar-refractivity contribution in [3.63, 3.8) is 0 Å². The summed E-state index contributed by atoms with van der Waals surface area (Å²) in [7, 11) is 5.13. The number of alkyl halides is 3. The third-order valence-electron chi connectivity index (χ3n) is 8.45. The van der Waals surface area contributed by atoms with Crippen LogP contribution in [0.4, 0.5) is 24.5 Å². The Labute approximate surface area is 296 Å². The Morgan fingerprint density at radius 2 is 1.71 bits per heavy atom. The number of pyridine rings is 1. The van der Waals surface area contributed by atoms with Gasteiger partial charge in [-0.25, -0.2) is 14.6 Å². The smallest absolute Gasteiger partial charge is 0.397 e. The SMILES string of the molecule is CC(=O)[C@@H](CCN(C)C)C(=O)N1CCN(C(=O)c2ccc(NC(=O)c3ncc(-c4cn(-c5ccc(N)cn5)nc4C(F)(F)F)n3C)cc2Cl)CC1. The number of hydrogen-bond acceptors (Lipinski definition) is 9. The minimum Gasteiger partial charge on any atom is -0.397 e. The second kappa shape index (κ2) is 14.9. The average Bonchev–Trinajstić information content (AvgIpc) is 3.69.